The van der Waals surface area contributed by atoms with Gasteiger partial charge in [0.15, 0.2) is 5.82 Å². The van der Waals surface area contributed by atoms with Crippen molar-refractivity contribution in [3.63, 3.8) is 0 Å². The Hall–Kier alpha value is -3.21. The minimum absolute atomic E-state index is 0.0534. The number of carbonyl (C=O) groups is 1. The van der Waals surface area contributed by atoms with Crippen LogP contribution in [0.3, 0.4) is 0 Å². The van der Waals surface area contributed by atoms with Gasteiger partial charge in [0.2, 0.25) is 0 Å². The Morgan fingerprint density at radius 3 is 2.31 bits per heavy atom. The van der Waals surface area contributed by atoms with E-state index in [4.69, 9.17) is 0 Å². The summed E-state index contributed by atoms with van der Waals surface area (Å²) < 4.78 is 0. The lowest BCUT2D eigenvalue weighted by Gasteiger charge is -2.27. The van der Waals surface area contributed by atoms with Crippen LogP contribution in [-0.2, 0) is 6.54 Å². The highest BCUT2D eigenvalue weighted by molar-refractivity contribution is 5.93. The number of rotatable bonds is 7. The minimum Gasteiger partial charge on any atom is -0.367 e. The third kappa shape index (κ3) is 4.80. The molecule has 0 bridgehead atoms. The van der Waals surface area contributed by atoms with E-state index in [9.17, 15) is 4.79 Å². The fourth-order valence-electron chi connectivity index (χ4n) is 3.20. The van der Waals surface area contributed by atoms with Gasteiger partial charge in [-0.15, -0.1) is 0 Å². The van der Waals surface area contributed by atoms with E-state index >= 15 is 0 Å². The summed E-state index contributed by atoms with van der Waals surface area (Å²) in [4.78, 5) is 24.6. The number of hydrogen-bond donors (Lipinski definition) is 1. The van der Waals surface area contributed by atoms with Gasteiger partial charge >= 0.3 is 0 Å². The zero-order valence-electron chi connectivity index (χ0n) is 16.9. The third-order valence-corrected chi connectivity index (χ3v) is 4.99. The highest BCUT2D eigenvalue weighted by atomic mass is 16.2. The summed E-state index contributed by atoms with van der Waals surface area (Å²) in [7, 11) is 0. The standard InChI is InChI=1S/C24H26N4O/c1-17(2)28(16-18-9-5-3-6-10-18)24(29)21-15-22(25-20-13-14-20)27-23(26-21)19-11-7-4-8-12-19/h3-12,15,17,20H,13-14,16H2,1-2H3,(H,25,26,27). The molecule has 4 rings (SSSR count). The molecule has 29 heavy (non-hydrogen) atoms. The number of benzene rings is 2. The number of aromatic nitrogens is 2. The third-order valence-electron chi connectivity index (χ3n) is 4.99. The first kappa shape index (κ1) is 19.1. The lowest BCUT2D eigenvalue weighted by Crippen LogP contribution is -2.37. The fourth-order valence-corrected chi connectivity index (χ4v) is 3.20. The van der Waals surface area contributed by atoms with Crippen LogP contribution in [0.2, 0.25) is 0 Å². The molecule has 1 fully saturated rings. The monoisotopic (exact) mass is 386 g/mol. The molecule has 1 saturated carbocycles. The molecule has 0 aliphatic heterocycles. The molecule has 0 unspecified atom stereocenters. The first-order valence-corrected chi connectivity index (χ1v) is 10.2. The Labute approximate surface area is 171 Å². The predicted octanol–water partition coefficient (Wildman–Crippen LogP) is 4.77. The van der Waals surface area contributed by atoms with Gasteiger partial charge in [-0.05, 0) is 32.3 Å². The number of nitrogens with one attached hydrogen (secondary N) is 1. The van der Waals surface area contributed by atoms with E-state index in [1.165, 1.54) is 0 Å². The van der Waals surface area contributed by atoms with Gasteiger partial charge < -0.3 is 10.2 Å². The molecule has 1 amide bonds. The molecule has 2 aromatic carbocycles. The van der Waals surface area contributed by atoms with Crippen molar-refractivity contribution < 1.29 is 4.79 Å². The van der Waals surface area contributed by atoms with E-state index in [0.717, 1.165) is 24.0 Å². The fraction of sp³-hybridized carbons (Fsp3) is 0.292. The average molecular weight is 386 g/mol. The van der Waals surface area contributed by atoms with Gasteiger partial charge in [-0.25, -0.2) is 9.97 Å². The van der Waals surface area contributed by atoms with Gasteiger partial charge in [-0.1, -0.05) is 60.7 Å². The van der Waals surface area contributed by atoms with Gasteiger partial charge in [0.1, 0.15) is 11.5 Å². The highest BCUT2D eigenvalue weighted by Gasteiger charge is 2.25. The van der Waals surface area contributed by atoms with E-state index in [1.807, 2.05) is 79.4 Å². The summed E-state index contributed by atoms with van der Waals surface area (Å²) in [5, 5.41) is 3.42. The van der Waals surface area contributed by atoms with E-state index in [2.05, 4.69) is 15.3 Å². The molecule has 1 aliphatic rings. The zero-order chi connectivity index (χ0) is 20.2. The Morgan fingerprint density at radius 1 is 1.03 bits per heavy atom. The topological polar surface area (TPSA) is 58.1 Å². The molecule has 0 atom stereocenters. The predicted molar refractivity (Wildman–Crippen MR) is 116 cm³/mol. The molecule has 0 saturated heterocycles. The molecular weight excluding hydrogens is 360 g/mol. The second kappa shape index (κ2) is 8.43. The van der Waals surface area contributed by atoms with Crippen molar-refractivity contribution in [2.24, 2.45) is 0 Å². The van der Waals surface area contributed by atoms with Crippen molar-refractivity contribution in [1.29, 1.82) is 0 Å². The molecule has 148 valence electrons. The lowest BCUT2D eigenvalue weighted by atomic mass is 10.1. The Kier molecular flexibility index (Phi) is 5.56. The summed E-state index contributed by atoms with van der Waals surface area (Å²) in [5.41, 5.74) is 2.43. The first-order valence-electron chi connectivity index (χ1n) is 10.2. The Morgan fingerprint density at radius 2 is 1.69 bits per heavy atom. The van der Waals surface area contributed by atoms with Crippen LogP contribution >= 0.6 is 0 Å². The maximum absolute atomic E-state index is 13.4. The average Bonchev–Trinajstić information content (AvgIpc) is 3.56. The summed E-state index contributed by atoms with van der Waals surface area (Å²) in [6, 6.07) is 22.1. The van der Waals surface area contributed by atoms with Crippen LogP contribution in [0.4, 0.5) is 5.82 Å². The van der Waals surface area contributed by atoms with Crippen molar-refractivity contribution >= 4 is 11.7 Å². The molecular formula is C24H26N4O. The van der Waals surface area contributed by atoms with E-state index in [1.54, 1.807) is 6.07 Å². The smallest absolute Gasteiger partial charge is 0.273 e. The lowest BCUT2D eigenvalue weighted by molar-refractivity contribution is 0.0684. The number of hydrogen-bond acceptors (Lipinski definition) is 4. The minimum atomic E-state index is -0.0812. The van der Waals surface area contributed by atoms with E-state index < -0.39 is 0 Å². The molecule has 1 N–H and O–H groups in total. The van der Waals surface area contributed by atoms with Crippen molar-refractivity contribution in [3.05, 3.63) is 78.0 Å². The van der Waals surface area contributed by atoms with Crippen molar-refractivity contribution in [1.82, 2.24) is 14.9 Å². The summed E-state index contributed by atoms with van der Waals surface area (Å²) in [5.74, 6) is 1.21. The molecule has 0 spiro atoms. The van der Waals surface area contributed by atoms with Crippen LogP contribution in [0, 0.1) is 0 Å². The SMILES string of the molecule is CC(C)N(Cc1ccccc1)C(=O)c1cc(NC2CC2)nc(-c2ccccc2)n1. The molecule has 0 radical (unpaired) electrons. The van der Waals surface area contributed by atoms with E-state index in [-0.39, 0.29) is 11.9 Å². The highest BCUT2D eigenvalue weighted by Crippen LogP contribution is 2.26. The van der Waals surface area contributed by atoms with Crippen molar-refractivity contribution in [3.8, 4) is 11.4 Å². The summed E-state index contributed by atoms with van der Waals surface area (Å²) >= 11 is 0. The Bertz CT molecular complexity index is 969. The summed E-state index contributed by atoms with van der Waals surface area (Å²) in [6.45, 7) is 4.61. The van der Waals surface area contributed by atoms with E-state index in [0.29, 0.717) is 29.9 Å². The van der Waals surface area contributed by atoms with Crippen LogP contribution in [0.15, 0.2) is 66.7 Å². The Balaban J connectivity index is 1.68. The van der Waals surface area contributed by atoms with Gasteiger partial charge in [0.05, 0.1) is 0 Å². The maximum atomic E-state index is 13.4. The molecule has 1 aliphatic carbocycles. The van der Waals surface area contributed by atoms with Crippen LogP contribution in [0.5, 0.6) is 0 Å². The molecule has 1 heterocycles. The largest absolute Gasteiger partial charge is 0.367 e. The van der Waals surface area contributed by atoms with Crippen molar-refractivity contribution in [2.45, 2.75) is 45.3 Å². The molecule has 3 aromatic rings. The maximum Gasteiger partial charge on any atom is 0.273 e. The van der Waals surface area contributed by atoms with Crippen LogP contribution in [0.25, 0.3) is 11.4 Å². The normalized spacial score (nSPS) is 13.3. The summed E-state index contributed by atoms with van der Waals surface area (Å²) in [6.07, 6.45) is 2.28. The second-order valence-electron chi connectivity index (χ2n) is 7.76. The number of amides is 1. The quantitative estimate of drug-likeness (QED) is 0.635. The van der Waals surface area contributed by atoms with Gasteiger partial charge in [-0.3, -0.25) is 4.79 Å². The molecule has 5 heteroatoms. The first-order chi connectivity index (χ1) is 14.1. The molecule has 5 nitrogen and oxygen atoms in total. The zero-order valence-corrected chi connectivity index (χ0v) is 16.9. The van der Waals surface area contributed by atoms with Gasteiger partial charge in [0.25, 0.3) is 5.91 Å². The van der Waals surface area contributed by atoms with Gasteiger partial charge in [-0.2, -0.15) is 0 Å². The second-order valence-corrected chi connectivity index (χ2v) is 7.76. The van der Waals surface area contributed by atoms with Gasteiger partial charge in [0, 0.05) is 30.3 Å². The van der Waals surface area contributed by atoms with Crippen LogP contribution in [0.1, 0.15) is 42.7 Å². The van der Waals surface area contributed by atoms with Crippen LogP contribution in [-0.4, -0.2) is 32.9 Å². The van der Waals surface area contributed by atoms with Crippen LogP contribution < -0.4 is 5.32 Å². The van der Waals surface area contributed by atoms with Crippen molar-refractivity contribution in [2.75, 3.05) is 5.32 Å². The molecule has 1 aromatic heterocycles. The number of anilines is 1. The number of nitrogens with zero attached hydrogens (tertiary/aromatic N) is 3. The number of carbonyl (C=O) groups excluding carboxylic acids is 1.